The van der Waals surface area contributed by atoms with Gasteiger partial charge in [-0.25, -0.2) is 14.4 Å². The van der Waals surface area contributed by atoms with Gasteiger partial charge in [-0.3, -0.25) is 0 Å². The zero-order valence-corrected chi connectivity index (χ0v) is 11.8. The van der Waals surface area contributed by atoms with Crippen molar-refractivity contribution in [2.45, 2.75) is 26.4 Å². The lowest BCUT2D eigenvalue weighted by Crippen LogP contribution is -2.28. The number of hydrogen-bond donors (Lipinski definition) is 1. The lowest BCUT2D eigenvalue weighted by molar-refractivity contribution is 0.213. The van der Waals surface area contributed by atoms with Gasteiger partial charge in [0.2, 0.25) is 5.95 Å². The van der Waals surface area contributed by atoms with Crippen molar-refractivity contribution >= 4 is 5.95 Å². The van der Waals surface area contributed by atoms with Crippen molar-refractivity contribution in [3.63, 3.8) is 0 Å². The Kier molecular flexibility index (Phi) is 2.96. The third-order valence-corrected chi connectivity index (χ3v) is 4.19. The Morgan fingerprint density at radius 2 is 1.95 bits per heavy atom. The molecule has 0 unspecified atom stereocenters. The van der Waals surface area contributed by atoms with Crippen molar-refractivity contribution in [1.29, 1.82) is 0 Å². The summed E-state index contributed by atoms with van der Waals surface area (Å²) in [6.45, 7) is 9.08. The standard InChI is InChI=1S/C14H21FN4/c1-9-4-17-13(18-12(9)14(2,3)15)19-7-10-5-16-6-11(10)8-19/h4,10-11,16H,5-8H2,1-3H3/t10-,11+. The smallest absolute Gasteiger partial charge is 0.225 e. The number of aryl methyl sites for hydroxylation is 1. The molecule has 19 heavy (non-hydrogen) atoms. The molecule has 0 radical (unpaired) electrons. The summed E-state index contributed by atoms with van der Waals surface area (Å²) < 4.78 is 14.2. The zero-order chi connectivity index (χ0) is 13.6. The molecule has 0 bridgehead atoms. The third kappa shape index (κ3) is 2.31. The van der Waals surface area contributed by atoms with E-state index in [1.165, 1.54) is 0 Å². The number of nitrogens with one attached hydrogen (secondary N) is 1. The Morgan fingerprint density at radius 1 is 1.32 bits per heavy atom. The van der Waals surface area contributed by atoms with Crippen LogP contribution in [-0.4, -0.2) is 36.1 Å². The molecule has 1 aromatic rings. The van der Waals surface area contributed by atoms with E-state index in [1.807, 2.05) is 6.92 Å². The number of halogens is 1. The average Bonchev–Trinajstić information content (AvgIpc) is 2.88. The van der Waals surface area contributed by atoms with E-state index >= 15 is 0 Å². The second-order valence-corrected chi connectivity index (χ2v) is 6.26. The molecule has 3 rings (SSSR count). The number of rotatable bonds is 2. The predicted octanol–water partition coefficient (Wildman–Crippen LogP) is 1.65. The molecule has 0 amide bonds. The van der Waals surface area contributed by atoms with Gasteiger partial charge in [0, 0.05) is 32.4 Å². The molecule has 0 spiro atoms. The van der Waals surface area contributed by atoms with Crippen LogP contribution >= 0.6 is 0 Å². The fourth-order valence-corrected chi connectivity index (χ4v) is 3.21. The van der Waals surface area contributed by atoms with Crippen molar-refractivity contribution in [3.05, 3.63) is 17.5 Å². The summed E-state index contributed by atoms with van der Waals surface area (Å²) in [5, 5.41) is 3.41. The molecule has 1 N–H and O–H groups in total. The van der Waals surface area contributed by atoms with Gasteiger partial charge in [-0.2, -0.15) is 0 Å². The number of fused-ring (bicyclic) bond motifs is 1. The van der Waals surface area contributed by atoms with E-state index in [0.29, 0.717) is 23.5 Å². The van der Waals surface area contributed by atoms with Crippen molar-refractivity contribution in [1.82, 2.24) is 15.3 Å². The van der Waals surface area contributed by atoms with Crippen LogP contribution in [0.1, 0.15) is 25.1 Å². The second kappa shape index (κ2) is 4.40. The Labute approximate surface area is 113 Å². The van der Waals surface area contributed by atoms with Crippen molar-refractivity contribution in [2.24, 2.45) is 11.8 Å². The van der Waals surface area contributed by atoms with Gasteiger partial charge < -0.3 is 10.2 Å². The van der Waals surface area contributed by atoms with E-state index in [0.717, 1.165) is 31.7 Å². The lowest BCUT2D eigenvalue weighted by atomic mass is 10.0. The minimum Gasteiger partial charge on any atom is -0.340 e. The van der Waals surface area contributed by atoms with Gasteiger partial charge in [-0.15, -0.1) is 0 Å². The summed E-state index contributed by atoms with van der Waals surface area (Å²) >= 11 is 0. The highest BCUT2D eigenvalue weighted by molar-refractivity contribution is 5.36. The molecular formula is C14H21FN4. The first-order valence-electron chi connectivity index (χ1n) is 6.94. The maximum Gasteiger partial charge on any atom is 0.225 e. The Morgan fingerprint density at radius 3 is 2.53 bits per heavy atom. The maximum absolute atomic E-state index is 14.2. The van der Waals surface area contributed by atoms with E-state index in [1.54, 1.807) is 20.0 Å². The number of alkyl halides is 1. The molecule has 5 heteroatoms. The average molecular weight is 264 g/mol. The summed E-state index contributed by atoms with van der Waals surface area (Å²) in [7, 11) is 0. The van der Waals surface area contributed by atoms with Crippen molar-refractivity contribution in [3.8, 4) is 0 Å². The molecule has 2 atom stereocenters. The molecule has 4 nitrogen and oxygen atoms in total. The van der Waals surface area contributed by atoms with Gasteiger partial charge in [-0.05, 0) is 38.2 Å². The molecule has 2 fully saturated rings. The van der Waals surface area contributed by atoms with Crippen LogP contribution in [0.2, 0.25) is 0 Å². The fourth-order valence-electron chi connectivity index (χ4n) is 3.21. The largest absolute Gasteiger partial charge is 0.340 e. The highest BCUT2D eigenvalue weighted by atomic mass is 19.1. The van der Waals surface area contributed by atoms with Crippen LogP contribution in [-0.2, 0) is 5.67 Å². The molecule has 0 saturated carbocycles. The van der Waals surface area contributed by atoms with Crippen LogP contribution in [0.5, 0.6) is 0 Å². The summed E-state index contributed by atoms with van der Waals surface area (Å²) in [4.78, 5) is 11.1. The monoisotopic (exact) mass is 264 g/mol. The number of anilines is 1. The molecule has 1 aromatic heterocycles. The Hall–Kier alpha value is -1.23. The highest BCUT2D eigenvalue weighted by Gasteiger charge is 2.37. The molecule has 2 aliphatic heterocycles. The molecular weight excluding hydrogens is 243 g/mol. The minimum absolute atomic E-state index is 0.507. The quantitative estimate of drug-likeness (QED) is 0.882. The first-order valence-corrected chi connectivity index (χ1v) is 6.94. The van der Waals surface area contributed by atoms with Gasteiger partial charge in [0.05, 0.1) is 5.69 Å². The van der Waals surface area contributed by atoms with Crippen LogP contribution in [0.4, 0.5) is 10.3 Å². The summed E-state index contributed by atoms with van der Waals surface area (Å²) in [5.41, 5.74) is -0.0937. The molecule has 104 valence electrons. The summed E-state index contributed by atoms with van der Waals surface area (Å²) in [6.07, 6.45) is 1.74. The van der Waals surface area contributed by atoms with Gasteiger partial charge >= 0.3 is 0 Å². The van der Waals surface area contributed by atoms with Crippen LogP contribution in [0.25, 0.3) is 0 Å². The minimum atomic E-state index is -1.42. The molecule has 2 saturated heterocycles. The van der Waals surface area contributed by atoms with Gasteiger partial charge in [0.15, 0.2) is 0 Å². The predicted molar refractivity (Wildman–Crippen MR) is 73.0 cm³/mol. The van der Waals surface area contributed by atoms with Gasteiger partial charge in [0.1, 0.15) is 5.67 Å². The normalized spacial score (nSPS) is 26.8. The van der Waals surface area contributed by atoms with E-state index in [2.05, 4.69) is 20.2 Å². The molecule has 0 aromatic carbocycles. The number of hydrogen-bond acceptors (Lipinski definition) is 4. The fraction of sp³-hybridized carbons (Fsp3) is 0.714. The first kappa shape index (κ1) is 12.8. The number of nitrogens with zero attached hydrogens (tertiary/aromatic N) is 3. The Balaban J connectivity index is 1.86. The van der Waals surface area contributed by atoms with Crippen LogP contribution in [0.3, 0.4) is 0 Å². The van der Waals surface area contributed by atoms with E-state index < -0.39 is 5.67 Å². The van der Waals surface area contributed by atoms with E-state index in [4.69, 9.17) is 0 Å². The van der Waals surface area contributed by atoms with Crippen LogP contribution < -0.4 is 10.2 Å². The molecule has 3 heterocycles. The Bertz CT molecular complexity index is 471. The van der Waals surface area contributed by atoms with Gasteiger partial charge in [-0.1, -0.05) is 0 Å². The summed E-state index contributed by atoms with van der Waals surface area (Å²) in [6, 6.07) is 0. The highest BCUT2D eigenvalue weighted by Crippen LogP contribution is 2.31. The first-order chi connectivity index (χ1) is 8.95. The molecule has 0 aliphatic carbocycles. The summed E-state index contributed by atoms with van der Waals surface area (Å²) in [5.74, 6) is 2.05. The lowest BCUT2D eigenvalue weighted by Gasteiger charge is -2.21. The second-order valence-electron chi connectivity index (χ2n) is 6.26. The zero-order valence-electron chi connectivity index (χ0n) is 11.8. The van der Waals surface area contributed by atoms with Crippen molar-refractivity contribution < 1.29 is 4.39 Å². The third-order valence-electron chi connectivity index (χ3n) is 4.19. The topological polar surface area (TPSA) is 41.1 Å². The molecule has 2 aliphatic rings. The van der Waals surface area contributed by atoms with Crippen molar-refractivity contribution in [2.75, 3.05) is 31.1 Å². The number of aromatic nitrogens is 2. The maximum atomic E-state index is 14.2. The SMILES string of the molecule is Cc1cnc(N2C[C@H]3CNC[C@H]3C2)nc1C(C)(C)F. The van der Waals surface area contributed by atoms with Crippen LogP contribution in [0, 0.1) is 18.8 Å². The van der Waals surface area contributed by atoms with E-state index in [-0.39, 0.29) is 0 Å². The van der Waals surface area contributed by atoms with Crippen LogP contribution in [0.15, 0.2) is 6.20 Å². The van der Waals surface area contributed by atoms with E-state index in [9.17, 15) is 4.39 Å². The van der Waals surface area contributed by atoms with Gasteiger partial charge in [0.25, 0.3) is 0 Å².